The first kappa shape index (κ1) is 15.3. The Morgan fingerprint density at radius 1 is 1.15 bits per heavy atom. The lowest BCUT2D eigenvalue weighted by Gasteiger charge is -2.38. The molecule has 1 aliphatic heterocycles. The molecule has 0 aromatic heterocycles. The predicted molar refractivity (Wildman–Crippen MR) is 77.9 cm³/mol. The van der Waals surface area contributed by atoms with E-state index in [2.05, 4.69) is 12.2 Å². The van der Waals surface area contributed by atoms with E-state index < -0.39 is 0 Å². The standard InChI is InChI=1S/C15H27N3O2/c1-10-3-4-13(16)12(9-10)15(20)18-7-5-11(6-8-18)14(19)17-2/h10-13H,3-9,16H2,1-2H3,(H,17,19). The van der Waals surface area contributed by atoms with E-state index in [9.17, 15) is 9.59 Å². The first-order valence-corrected chi connectivity index (χ1v) is 7.79. The van der Waals surface area contributed by atoms with Gasteiger partial charge in [0.05, 0.1) is 5.92 Å². The number of hydrogen-bond acceptors (Lipinski definition) is 3. The fourth-order valence-electron chi connectivity index (χ4n) is 3.49. The van der Waals surface area contributed by atoms with Crippen LogP contribution in [0.4, 0.5) is 0 Å². The lowest BCUT2D eigenvalue weighted by molar-refractivity contribution is -0.140. The zero-order chi connectivity index (χ0) is 14.7. The van der Waals surface area contributed by atoms with Crippen LogP contribution in [0.25, 0.3) is 0 Å². The van der Waals surface area contributed by atoms with Crippen molar-refractivity contribution >= 4 is 11.8 Å². The van der Waals surface area contributed by atoms with Crippen LogP contribution in [0.3, 0.4) is 0 Å². The van der Waals surface area contributed by atoms with Gasteiger partial charge < -0.3 is 16.0 Å². The highest BCUT2D eigenvalue weighted by Gasteiger charge is 2.36. The molecule has 3 unspecified atom stereocenters. The van der Waals surface area contributed by atoms with Crippen LogP contribution in [0.15, 0.2) is 0 Å². The van der Waals surface area contributed by atoms with Crippen LogP contribution >= 0.6 is 0 Å². The first-order chi connectivity index (χ1) is 9.52. The minimum atomic E-state index is -0.0182. The van der Waals surface area contributed by atoms with Gasteiger partial charge in [-0.05, 0) is 38.0 Å². The Balaban J connectivity index is 1.89. The molecule has 114 valence electrons. The summed E-state index contributed by atoms with van der Waals surface area (Å²) in [4.78, 5) is 26.1. The Hall–Kier alpha value is -1.10. The van der Waals surface area contributed by atoms with Crippen LogP contribution in [0.5, 0.6) is 0 Å². The molecule has 2 fully saturated rings. The van der Waals surface area contributed by atoms with Gasteiger partial charge in [0.1, 0.15) is 0 Å². The maximum atomic E-state index is 12.6. The van der Waals surface area contributed by atoms with Gasteiger partial charge in [0.2, 0.25) is 11.8 Å². The molecule has 5 nitrogen and oxygen atoms in total. The van der Waals surface area contributed by atoms with E-state index in [-0.39, 0.29) is 29.7 Å². The summed E-state index contributed by atoms with van der Waals surface area (Å²) in [6.07, 6.45) is 4.52. The van der Waals surface area contributed by atoms with Gasteiger partial charge in [-0.2, -0.15) is 0 Å². The highest BCUT2D eigenvalue weighted by Crippen LogP contribution is 2.30. The summed E-state index contributed by atoms with van der Waals surface area (Å²) in [5.74, 6) is 0.935. The topological polar surface area (TPSA) is 75.4 Å². The molecule has 1 saturated heterocycles. The molecule has 0 spiro atoms. The average Bonchev–Trinajstić information content (AvgIpc) is 2.48. The van der Waals surface area contributed by atoms with Crippen molar-refractivity contribution in [3.8, 4) is 0 Å². The van der Waals surface area contributed by atoms with E-state index in [0.717, 1.165) is 32.1 Å². The van der Waals surface area contributed by atoms with Gasteiger partial charge in [0.15, 0.2) is 0 Å². The molecular formula is C15H27N3O2. The minimum absolute atomic E-state index is 0.00960. The van der Waals surface area contributed by atoms with Crippen molar-refractivity contribution in [2.75, 3.05) is 20.1 Å². The van der Waals surface area contributed by atoms with Gasteiger partial charge in [-0.25, -0.2) is 0 Å². The SMILES string of the molecule is CNC(=O)C1CCN(C(=O)C2CC(C)CCC2N)CC1. The van der Waals surface area contributed by atoms with E-state index in [4.69, 9.17) is 5.73 Å². The molecule has 2 aliphatic rings. The number of likely N-dealkylation sites (tertiary alicyclic amines) is 1. The predicted octanol–water partition coefficient (Wildman–Crippen LogP) is 0.735. The van der Waals surface area contributed by atoms with Crippen LogP contribution in [0.2, 0.25) is 0 Å². The second-order valence-corrected chi connectivity index (χ2v) is 6.40. The summed E-state index contributed by atoms with van der Waals surface area (Å²) in [6.45, 7) is 3.58. The average molecular weight is 281 g/mol. The van der Waals surface area contributed by atoms with Crippen LogP contribution in [0.1, 0.15) is 39.0 Å². The number of amides is 2. The molecule has 0 aromatic carbocycles. The van der Waals surface area contributed by atoms with Crippen molar-refractivity contribution in [3.05, 3.63) is 0 Å². The molecule has 0 aromatic rings. The molecular weight excluding hydrogens is 254 g/mol. The van der Waals surface area contributed by atoms with E-state index >= 15 is 0 Å². The molecule has 0 bridgehead atoms. The van der Waals surface area contributed by atoms with E-state index in [1.165, 1.54) is 0 Å². The monoisotopic (exact) mass is 281 g/mol. The quantitative estimate of drug-likeness (QED) is 0.783. The third-order valence-corrected chi connectivity index (χ3v) is 4.91. The Morgan fingerprint density at radius 3 is 2.40 bits per heavy atom. The fraction of sp³-hybridized carbons (Fsp3) is 0.867. The van der Waals surface area contributed by atoms with Gasteiger partial charge in [0.25, 0.3) is 0 Å². The molecule has 20 heavy (non-hydrogen) atoms. The van der Waals surface area contributed by atoms with E-state index in [0.29, 0.717) is 19.0 Å². The Morgan fingerprint density at radius 2 is 1.80 bits per heavy atom. The number of nitrogens with zero attached hydrogens (tertiary/aromatic N) is 1. The molecule has 3 N–H and O–H groups in total. The maximum Gasteiger partial charge on any atom is 0.227 e. The largest absolute Gasteiger partial charge is 0.359 e. The molecule has 2 rings (SSSR count). The van der Waals surface area contributed by atoms with Gasteiger partial charge in [-0.15, -0.1) is 0 Å². The number of nitrogens with one attached hydrogen (secondary N) is 1. The minimum Gasteiger partial charge on any atom is -0.359 e. The number of nitrogens with two attached hydrogens (primary N) is 1. The molecule has 5 heteroatoms. The number of carbonyl (C=O) groups is 2. The van der Waals surface area contributed by atoms with Gasteiger partial charge in [-0.3, -0.25) is 9.59 Å². The number of carbonyl (C=O) groups excluding carboxylic acids is 2. The third-order valence-electron chi connectivity index (χ3n) is 4.91. The highest BCUT2D eigenvalue weighted by molar-refractivity contribution is 5.81. The first-order valence-electron chi connectivity index (χ1n) is 7.79. The molecule has 1 heterocycles. The van der Waals surface area contributed by atoms with E-state index in [1.54, 1.807) is 7.05 Å². The van der Waals surface area contributed by atoms with Crippen molar-refractivity contribution in [2.24, 2.45) is 23.5 Å². The molecule has 1 aliphatic carbocycles. The van der Waals surface area contributed by atoms with Crippen LogP contribution in [-0.4, -0.2) is 42.9 Å². The Labute approximate surface area is 121 Å². The Bertz CT molecular complexity index is 364. The molecule has 1 saturated carbocycles. The lowest BCUT2D eigenvalue weighted by Crippen LogP contribution is -2.50. The van der Waals surface area contributed by atoms with E-state index in [1.807, 2.05) is 4.90 Å². The maximum absolute atomic E-state index is 12.6. The van der Waals surface area contributed by atoms with Crippen LogP contribution in [-0.2, 0) is 9.59 Å². The second kappa shape index (κ2) is 6.57. The van der Waals surface area contributed by atoms with Crippen molar-refractivity contribution < 1.29 is 9.59 Å². The zero-order valence-corrected chi connectivity index (χ0v) is 12.6. The fourth-order valence-corrected chi connectivity index (χ4v) is 3.49. The highest BCUT2D eigenvalue weighted by atomic mass is 16.2. The Kier molecular flexibility index (Phi) is 5.02. The van der Waals surface area contributed by atoms with Crippen molar-refractivity contribution in [2.45, 2.75) is 45.1 Å². The molecule has 2 amide bonds. The second-order valence-electron chi connectivity index (χ2n) is 6.40. The molecule has 3 atom stereocenters. The van der Waals surface area contributed by atoms with Gasteiger partial charge >= 0.3 is 0 Å². The summed E-state index contributed by atoms with van der Waals surface area (Å²) in [5.41, 5.74) is 6.13. The smallest absolute Gasteiger partial charge is 0.227 e. The normalized spacial score (nSPS) is 31.9. The van der Waals surface area contributed by atoms with Crippen molar-refractivity contribution in [1.82, 2.24) is 10.2 Å². The number of piperidine rings is 1. The summed E-state index contributed by atoms with van der Waals surface area (Å²) in [5, 5.41) is 2.69. The summed E-state index contributed by atoms with van der Waals surface area (Å²) >= 11 is 0. The number of hydrogen-bond donors (Lipinski definition) is 2. The number of rotatable bonds is 2. The van der Waals surface area contributed by atoms with Gasteiger partial charge in [0, 0.05) is 32.1 Å². The summed E-state index contributed by atoms with van der Waals surface area (Å²) < 4.78 is 0. The van der Waals surface area contributed by atoms with Gasteiger partial charge in [-0.1, -0.05) is 6.92 Å². The van der Waals surface area contributed by atoms with Crippen molar-refractivity contribution in [1.29, 1.82) is 0 Å². The lowest BCUT2D eigenvalue weighted by atomic mass is 9.78. The van der Waals surface area contributed by atoms with Crippen LogP contribution < -0.4 is 11.1 Å². The van der Waals surface area contributed by atoms with Crippen LogP contribution in [0, 0.1) is 17.8 Å². The zero-order valence-electron chi connectivity index (χ0n) is 12.6. The summed E-state index contributed by atoms with van der Waals surface area (Å²) in [7, 11) is 1.67. The summed E-state index contributed by atoms with van der Waals surface area (Å²) in [6, 6.07) is 0.00960. The van der Waals surface area contributed by atoms with Crippen molar-refractivity contribution in [3.63, 3.8) is 0 Å². The third kappa shape index (κ3) is 3.32. The molecule has 0 radical (unpaired) electrons.